The van der Waals surface area contributed by atoms with Gasteiger partial charge in [-0.05, 0) is 19.1 Å². The van der Waals surface area contributed by atoms with Crippen LogP contribution in [0.1, 0.15) is 12.5 Å². The van der Waals surface area contributed by atoms with Crippen molar-refractivity contribution in [2.75, 3.05) is 13.2 Å². The maximum Gasteiger partial charge on any atom is 0.334 e. The van der Waals surface area contributed by atoms with Gasteiger partial charge < -0.3 is 9.47 Å². The van der Waals surface area contributed by atoms with Gasteiger partial charge in [-0.15, -0.1) is 0 Å². The van der Waals surface area contributed by atoms with Crippen LogP contribution in [0.4, 0.5) is 0 Å². The lowest BCUT2D eigenvalue weighted by atomic mass is 10.2. The molecule has 1 aromatic rings. The minimum Gasteiger partial charge on any atom is -0.475 e. The zero-order chi connectivity index (χ0) is 11.4. The van der Waals surface area contributed by atoms with Crippen LogP contribution in [0.5, 0.6) is 0 Å². The standard InChI is InChI=1S/C12H13NO3/c1-2-15-12(14)10-8-16-11(13-10)9-6-4-3-5-7-9/h3-7,10H,2,8H2,1H3/t10-/m0/s1. The molecule has 0 N–H and O–H groups in total. The normalized spacial score (nSPS) is 18.8. The van der Waals surface area contributed by atoms with E-state index in [-0.39, 0.29) is 12.6 Å². The topological polar surface area (TPSA) is 47.9 Å². The van der Waals surface area contributed by atoms with Crippen LogP contribution in [0, 0.1) is 0 Å². The summed E-state index contributed by atoms with van der Waals surface area (Å²) in [6.07, 6.45) is 0. The van der Waals surface area contributed by atoms with Gasteiger partial charge in [-0.1, -0.05) is 18.2 Å². The van der Waals surface area contributed by atoms with E-state index in [1.807, 2.05) is 30.3 Å². The Morgan fingerprint density at radius 2 is 2.25 bits per heavy atom. The molecule has 1 aromatic carbocycles. The van der Waals surface area contributed by atoms with E-state index in [0.717, 1.165) is 5.56 Å². The quantitative estimate of drug-likeness (QED) is 0.722. The second kappa shape index (κ2) is 4.79. The fraction of sp³-hybridized carbons (Fsp3) is 0.333. The molecule has 0 saturated heterocycles. The van der Waals surface area contributed by atoms with E-state index in [9.17, 15) is 4.79 Å². The summed E-state index contributed by atoms with van der Waals surface area (Å²) in [5.74, 6) is 0.187. The van der Waals surface area contributed by atoms with Crippen molar-refractivity contribution >= 4 is 11.9 Å². The van der Waals surface area contributed by atoms with E-state index >= 15 is 0 Å². The summed E-state index contributed by atoms with van der Waals surface area (Å²) < 4.78 is 10.3. The van der Waals surface area contributed by atoms with E-state index < -0.39 is 6.04 Å². The average Bonchev–Trinajstić information content (AvgIpc) is 2.80. The second-order valence-electron chi connectivity index (χ2n) is 3.38. The Bertz CT molecular complexity index is 400. The van der Waals surface area contributed by atoms with Gasteiger partial charge in [-0.25, -0.2) is 9.79 Å². The molecule has 1 heterocycles. The number of hydrogen-bond donors (Lipinski definition) is 0. The van der Waals surface area contributed by atoms with Crippen LogP contribution in [0.25, 0.3) is 0 Å². The van der Waals surface area contributed by atoms with E-state index in [0.29, 0.717) is 12.5 Å². The number of nitrogens with zero attached hydrogens (tertiary/aromatic N) is 1. The average molecular weight is 219 g/mol. The summed E-state index contributed by atoms with van der Waals surface area (Å²) in [6, 6.07) is 8.99. The monoisotopic (exact) mass is 219 g/mol. The molecule has 0 bridgehead atoms. The zero-order valence-corrected chi connectivity index (χ0v) is 9.05. The Labute approximate surface area is 93.9 Å². The first-order valence-corrected chi connectivity index (χ1v) is 5.24. The maximum atomic E-state index is 11.4. The number of carbonyl (C=O) groups excluding carboxylic acids is 1. The van der Waals surface area contributed by atoms with E-state index in [1.165, 1.54) is 0 Å². The van der Waals surface area contributed by atoms with E-state index in [4.69, 9.17) is 9.47 Å². The number of rotatable bonds is 3. The predicted molar refractivity (Wildman–Crippen MR) is 59.4 cm³/mol. The summed E-state index contributed by atoms with van der Waals surface area (Å²) in [5, 5.41) is 0. The summed E-state index contributed by atoms with van der Waals surface area (Å²) in [6.45, 7) is 2.41. The van der Waals surface area contributed by atoms with Gasteiger partial charge in [0, 0.05) is 5.56 Å². The number of hydrogen-bond acceptors (Lipinski definition) is 4. The molecule has 4 heteroatoms. The molecule has 0 aliphatic carbocycles. The maximum absolute atomic E-state index is 11.4. The summed E-state index contributed by atoms with van der Waals surface area (Å²) in [4.78, 5) is 15.6. The Hall–Kier alpha value is -1.84. The van der Waals surface area contributed by atoms with Crippen molar-refractivity contribution in [1.29, 1.82) is 0 Å². The van der Waals surface area contributed by atoms with Crippen molar-refractivity contribution in [2.45, 2.75) is 13.0 Å². The lowest BCUT2D eigenvalue weighted by Crippen LogP contribution is -2.22. The van der Waals surface area contributed by atoms with E-state index in [2.05, 4.69) is 4.99 Å². The van der Waals surface area contributed by atoms with Crippen molar-refractivity contribution in [1.82, 2.24) is 0 Å². The van der Waals surface area contributed by atoms with Gasteiger partial charge in [-0.3, -0.25) is 0 Å². The molecule has 0 aromatic heterocycles. The molecule has 2 rings (SSSR count). The van der Waals surface area contributed by atoms with Crippen LogP contribution >= 0.6 is 0 Å². The van der Waals surface area contributed by atoms with E-state index in [1.54, 1.807) is 6.92 Å². The third-order valence-electron chi connectivity index (χ3n) is 2.23. The van der Waals surface area contributed by atoms with Gasteiger partial charge in [0.05, 0.1) is 6.61 Å². The van der Waals surface area contributed by atoms with Gasteiger partial charge in [0.1, 0.15) is 6.61 Å². The van der Waals surface area contributed by atoms with Gasteiger partial charge in [0.25, 0.3) is 0 Å². The minimum atomic E-state index is -0.518. The second-order valence-corrected chi connectivity index (χ2v) is 3.38. The van der Waals surface area contributed by atoms with Gasteiger partial charge >= 0.3 is 5.97 Å². The third kappa shape index (κ3) is 2.21. The first-order chi connectivity index (χ1) is 7.81. The molecule has 0 radical (unpaired) electrons. The highest BCUT2D eigenvalue weighted by atomic mass is 16.5. The molecule has 0 saturated carbocycles. The molecular formula is C12H13NO3. The molecule has 0 amide bonds. The summed E-state index contributed by atoms with van der Waals surface area (Å²) >= 11 is 0. The lowest BCUT2D eigenvalue weighted by Gasteiger charge is -2.03. The molecule has 16 heavy (non-hydrogen) atoms. The molecule has 1 atom stereocenters. The summed E-state index contributed by atoms with van der Waals surface area (Å²) in [5.41, 5.74) is 0.884. The number of ether oxygens (including phenoxy) is 2. The van der Waals surface area contributed by atoms with Crippen molar-refractivity contribution in [3.05, 3.63) is 35.9 Å². The first kappa shape index (κ1) is 10.7. The molecule has 0 fully saturated rings. The summed E-state index contributed by atoms with van der Waals surface area (Å²) in [7, 11) is 0. The minimum absolute atomic E-state index is 0.267. The van der Waals surface area contributed by atoms with Crippen LogP contribution < -0.4 is 0 Å². The molecule has 0 spiro atoms. The first-order valence-electron chi connectivity index (χ1n) is 5.24. The number of aliphatic imine (C=N–C) groups is 1. The van der Waals surface area contributed by atoms with Crippen molar-refractivity contribution in [3.63, 3.8) is 0 Å². The van der Waals surface area contributed by atoms with Crippen LogP contribution in [0.3, 0.4) is 0 Å². The Morgan fingerprint density at radius 1 is 1.50 bits per heavy atom. The zero-order valence-electron chi connectivity index (χ0n) is 9.05. The van der Waals surface area contributed by atoms with Gasteiger partial charge in [0.15, 0.2) is 6.04 Å². The lowest BCUT2D eigenvalue weighted by molar-refractivity contribution is -0.144. The highest BCUT2D eigenvalue weighted by Gasteiger charge is 2.27. The number of carbonyl (C=O) groups is 1. The Morgan fingerprint density at radius 3 is 2.94 bits per heavy atom. The number of benzene rings is 1. The smallest absolute Gasteiger partial charge is 0.334 e. The highest BCUT2D eigenvalue weighted by molar-refractivity contribution is 5.97. The molecule has 84 valence electrons. The Balaban J connectivity index is 2.09. The van der Waals surface area contributed by atoms with Gasteiger partial charge in [0.2, 0.25) is 5.90 Å². The molecule has 1 aliphatic rings. The van der Waals surface area contributed by atoms with Gasteiger partial charge in [-0.2, -0.15) is 0 Å². The largest absolute Gasteiger partial charge is 0.475 e. The van der Waals surface area contributed by atoms with Crippen LogP contribution in [-0.2, 0) is 14.3 Å². The molecule has 0 unspecified atom stereocenters. The highest BCUT2D eigenvalue weighted by Crippen LogP contribution is 2.12. The third-order valence-corrected chi connectivity index (χ3v) is 2.23. The van der Waals surface area contributed by atoms with Crippen LogP contribution in [0.15, 0.2) is 35.3 Å². The Kier molecular flexibility index (Phi) is 3.19. The van der Waals surface area contributed by atoms with Crippen molar-refractivity contribution in [3.8, 4) is 0 Å². The van der Waals surface area contributed by atoms with Crippen LogP contribution in [0.2, 0.25) is 0 Å². The van der Waals surface area contributed by atoms with Crippen LogP contribution in [-0.4, -0.2) is 31.1 Å². The fourth-order valence-electron chi connectivity index (χ4n) is 1.47. The molecular weight excluding hydrogens is 206 g/mol. The molecule has 1 aliphatic heterocycles. The predicted octanol–water partition coefficient (Wildman–Crippen LogP) is 1.40. The fourth-order valence-corrected chi connectivity index (χ4v) is 1.47. The molecule has 4 nitrogen and oxygen atoms in total. The van der Waals surface area contributed by atoms with Crippen molar-refractivity contribution < 1.29 is 14.3 Å². The van der Waals surface area contributed by atoms with Crippen molar-refractivity contribution in [2.24, 2.45) is 4.99 Å². The SMILES string of the molecule is CCOC(=O)[C@@H]1COC(c2ccccc2)=N1. The number of esters is 1.